The lowest BCUT2D eigenvalue weighted by Gasteiger charge is -2.07. The summed E-state index contributed by atoms with van der Waals surface area (Å²) in [6.45, 7) is 1.72. The lowest BCUT2D eigenvalue weighted by Crippen LogP contribution is -2.21. The van der Waals surface area contributed by atoms with Crippen molar-refractivity contribution in [3.8, 4) is 0 Å². The Bertz CT molecular complexity index is 413. The first kappa shape index (κ1) is 25.6. The Hall–Kier alpha value is -1.39. The molecule has 0 aromatic heterocycles. The molecule has 1 atom stereocenters. The summed E-state index contributed by atoms with van der Waals surface area (Å²) in [4.78, 5) is 11.4. The standard InChI is InChI=1S/C23H40O4/c1-2-3-4-5-6-7-8-9-10-11-12-13-14-15-16-17-18-19-23(26)27-21-22(25)20-24/h6-7,9-10,14-15,22,24-25H,2-5,8,11-13,16-21H2,1H3/b7-6-,10-9-,15-14-/t22-/m1/s1. The van der Waals surface area contributed by atoms with E-state index in [0.717, 1.165) is 38.5 Å². The van der Waals surface area contributed by atoms with Gasteiger partial charge in [-0.2, -0.15) is 0 Å². The summed E-state index contributed by atoms with van der Waals surface area (Å²) < 4.78 is 4.85. The zero-order valence-corrected chi connectivity index (χ0v) is 17.2. The molecule has 156 valence electrons. The maximum absolute atomic E-state index is 11.4. The van der Waals surface area contributed by atoms with Crippen molar-refractivity contribution in [2.45, 2.75) is 90.1 Å². The zero-order chi connectivity index (χ0) is 20.0. The van der Waals surface area contributed by atoms with Crippen molar-refractivity contribution in [2.75, 3.05) is 13.2 Å². The van der Waals surface area contributed by atoms with E-state index in [1.54, 1.807) is 0 Å². The molecule has 0 aromatic rings. The zero-order valence-electron chi connectivity index (χ0n) is 17.2. The number of ether oxygens (including phenoxy) is 1. The molecular weight excluding hydrogens is 340 g/mol. The molecule has 0 saturated carbocycles. The first-order valence-electron chi connectivity index (χ1n) is 10.6. The Balaban J connectivity index is 3.38. The van der Waals surface area contributed by atoms with E-state index in [0.29, 0.717) is 6.42 Å². The molecule has 0 aliphatic rings. The van der Waals surface area contributed by atoms with E-state index in [4.69, 9.17) is 14.9 Å². The highest BCUT2D eigenvalue weighted by molar-refractivity contribution is 5.69. The van der Waals surface area contributed by atoms with Gasteiger partial charge in [0.15, 0.2) is 0 Å². The second-order valence-corrected chi connectivity index (χ2v) is 6.84. The number of carbonyl (C=O) groups excluding carboxylic acids is 1. The minimum atomic E-state index is -0.973. The van der Waals surface area contributed by atoms with Crippen molar-refractivity contribution in [3.63, 3.8) is 0 Å². The summed E-state index contributed by atoms with van der Waals surface area (Å²) in [7, 11) is 0. The third-order valence-electron chi connectivity index (χ3n) is 4.14. The molecule has 0 amide bonds. The van der Waals surface area contributed by atoms with Crippen LogP contribution in [-0.4, -0.2) is 35.5 Å². The number of unbranched alkanes of at least 4 members (excludes halogenated alkanes) is 7. The van der Waals surface area contributed by atoms with Gasteiger partial charge >= 0.3 is 5.97 Å². The van der Waals surface area contributed by atoms with Crippen molar-refractivity contribution < 1.29 is 19.7 Å². The van der Waals surface area contributed by atoms with E-state index in [1.165, 1.54) is 32.1 Å². The van der Waals surface area contributed by atoms with Crippen LogP contribution in [0.5, 0.6) is 0 Å². The molecule has 0 unspecified atom stereocenters. The molecule has 4 heteroatoms. The number of aliphatic hydroxyl groups excluding tert-OH is 2. The lowest BCUT2D eigenvalue weighted by molar-refractivity contribution is -0.147. The number of hydrogen-bond donors (Lipinski definition) is 2. The van der Waals surface area contributed by atoms with E-state index in [-0.39, 0.29) is 19.2 Å². The predicted octanol–water partition coefficient (Wildman–Crippen LogP) is 5.25. The number of allylic oxidation sites excluding steroid dienone is 6. The molecule has 0 radical (unpaired) electrons. The highest BCUT2D eigenvalue weighted by Crippen LogP contribution is 2.05. The topological polar surface area (TPSA) is 66.8 Å². The predicted molar refractivity (Wildman–Crippen MR) is 113 cm³/mol. The number of rotatable bonds is 18. The number of hydrogen-bond acceptors (Lipinski definition) is 4. The maximum Gasteiger partial charge on any atom is 0.305 e. The van der Waals surface area contributed by atoms with Gasteiger partial charge in [0, 0.05) is 6.42 Å². The fourth-order valence-electron chi connectivity index (χ4n) is 2.45. The van der Waals surface area contributed by atoms with Crippen LogP contribution in [0.1, 0.15) is 84.0 Å². The van der Waals surface area contributed by atoms with E-state index >= 15 is 0 Å². The van der Waals surface area contributed by atoms with Crippen LogP contribution >= 0.6 is 0 Å². The SMILES string of the molecule is CCCCC/C=C\C/C=C\CCC/C=C\CCCCC(=O)OC[C@H](O)CO. The van der Waals surface area contributed by atoms with Crippen molar-refractivity contribution in [2.24, 2.45) is 0 Å². The first-order chi connectivity index (χ1) is 13.2. The van der Waals surface area contributed by atoms with Gasteiger partial charge in [0.05, 0.1) is 6.61 Å². The second-order valence-electron chi connectivity index (χ2n) is 6.84. The van der Waals surface area contributed by atoms with Gasteiger partial charge in [0.25, 0.3) is 0 Å². The third kappa shape index (κ3) is 20.8. The van der Waals surface area contributed by atoms with Gasteiger partial charge in [-0.25, -0.2) is 0 Å². The third-order valence-corrected chi connectivity index (χ3v) is 4.14. The molecule has 0 spiro atoms. The summed E-state index contributed by atoms with van der Waals surface area (Å²) in [6, 6.07) is 0. The van der Waals surface area contributed by atoms with E-state index in [1.807, 2.05) is 0 Å². The van der Waals surface area contributed by atoms with Gasteiger partial charge in [-0.1, -0.05) is 56.2 Å². The largest absolute Gasteiger partial charge is 0.463 e. The number of carbonyl (C=O) groups is 1. The van der Waals surface area contributed by atoms with Gasteiger partial charge in [-0.15, -0.1) is 0 Å². The van der Waals surface area contributed by atoms with E-state index in [9.17, 15) is 4.79 Å². The summed E-state index contributed by atoms with van der Waals surface area (Å²) in [5.41, 5.74) is 0. The summed E-state index contributed by atoms with van der Waals surface area (Å²) in [5.74, 6) is -0.311. The van der Waals surface area contributed by atoms with Crippen LogP contribution in [0.2, 0.25) is 0 Å². The Labute approximate surface area is 166 Å². The molecule has 2 N–H and O–H groups in total. The second kappa shape index (κ2) is 20.9. The fraction of sp³-hybridized carbons (Fsp3) is 0.696. The lowest BCUT2D eigenvalue weighted by atomic mass is 10.1. The Morgan fingerprint density at radius 3 is 2.00 bits per heavy atom. The van der Waals surface area contributed by atoms with Crippen molar-refractivity contribution >= 4 is 5.97 Å². The van der Waals surface area contributed by atoms with Gasteiger partial charge in [-0.3, -0.25) is 4.79 Å². The van der Waals surface area contributed by atoms with Gasteiger partial charge in [0.1, 0.15) is 12.7 Å². The molecule has 0 fully saturated rings. The number of aliphatic hydroxyl groups is 2. The monoisotopic (exact) mass is 380 g/mol. The van der Waals surface area contributed by atoms with Crippen molar-refractivity contribution in [3.05, 3.63) is 36.5 Å². The van der Waals surface area contributed by atoms with E-state index < -0.39 is 6.10 Å². The first-order valence-corrected chi connectivity index (χ1v) is 10.6. The molecule has 0 rings (SSSR count). The Kier molecular flexibility index (Phi) is 19.8. The van der Waals surface area contributed by atoms with Crippen molar-refractivity contribution in [1.82, 2.24) is 0 Å². The van der Waals surface area contributed by atoms with Crippen LogP contribution in [0.25, 0.3) is 0 Å². The molecule has 0 aliphatic heterocycles. The average molecular weight is 381 g/mol. The average Bonchev–Trinajstić information content (AvgIpc) is 2.68. The fourth-order valence-corrected chi connectivity index (χ4v) is 2.45. The smallest absolute Gasteiger partial charge is 0.305 e. The van der Waals surface area contributed by atoms with Crippen LogP contribution in [0.3, 0.4) is 0 Å². The minimum Gasteiger partial charge on any atom is -0.463 e. The molecule has 0 aliphatic carbocycles. The quantitative estimate of drug-likeness (QED) is 0.193. The molecule has 0 heterocycles. The molecule has 0 saturated heterocycles. The molecule has 4 nitrogen and oxygen atoms in total. The van der Waals surface area contributed by atoms with Crippen LogP contribution < -0.4 is 0 Å². The number of esters is 1. The van der Waals surface area contributed by atoms with Crippen molar-refractivity contribution in [1.29, 1.82) is 0 Å². The molecular formula is C23H40O4. The summed E-state index contributed by atoms with van der Waals surface area (Å²) in [5, 5.41) is 17.7. The highest BCUT2D eigenvalue weighted by atomic mass is 16.5. The van der Waals surface area contributed by atoms with Gasteiger partial charge in [-0.05, 0) is 57.8 Å². The molecule has 27 heavy (non-hydrogen) atoms. The summed E-state index contributed by atoms with van der Waals surface area (Å²) >= 11 is 0. The van der Waals surface area contributed by atoms with Crippen LogP contribution in [-0.2, 0) is 9.53 Å². The maximum atomic E-state index is 11.4. The van der Waals surface area contributed by atoms with Crippen LogP contribution in [0, 0.1) is 0 Å². The van der Waals surface area contributed by atoms with Gasteiger partial charge < -0.3 is 14.9 Å². The highest BCUT2D eigenvalue weighted by Gasteiger charge is 2.06. The van der Waals surface area contributed by atoms with Gasteiger partial charge in [0.2, 0.25) is 0 Å². The normalized spacial score (nSPS) is 13.1. The molecule has 0 aromatic carbocycles. The molecule has 0 bridgehead atoms. The summed E-state index contributed by atoms with van der Waals surface area (Å²) in [6.07, 6.45) is 25.2. The Morgan fingerprint density at radius 2 is 1.41 bits per heavy atom. The van der Waals surface area contributed by atoms with Crippen LogP contribution in [0.4, 0.5) is 0 Å². The minimum absolute atomic E-state index is 0.126. The van der Waals surface area contributed by atoms with E-state index in [2.05, 4.69) is 43.4 Å². The Morgan fingerprint density at radius 1 is 0.852 bits per heavy atom. The van der Waals surface area contributed by atoms with Crippen LogP contribution in [0.15, 0.2) is 36.5 Å².